The summed E-state index contributed by atoms with van der Waals surface area (Å²) in [6.07, 6.45) is -5.17. The molecule has 0 aliphatic rings. The van der Waals surface area contributed by atoms with Gasteiger partial charge >= 0.3 is 18.2 Å². The quantitative estimate of drug-likeness (QED) is 0.641. The normalized spacial score (nSPS) is 11.6. The van der Waals surface area contributed by atoms with Gasteiger partial charge < -0.3 is 20.1 Å². The molecule has 9 heteroatoms. The molecular weight excluding hydrogens is 401 g/mol. The molecule has 0 saturated carbocycles. The van der Waals surface area contributed by atoms with Crippen molar-refractivity contribution in [3.8, 4) is 0 Å². The Hall–Kier alpha value is -3.23. The van der Waals surface area contributed by atoms with Gasteiger partial charge in [0.25, 0.3) is 0 Å². The smallest absolute Gasteiger partial charge is 0.418 e. The maximum Gasteiger partial charge on any atom is 0.418 e. The van der Waals surface area contributed by atoms with Crippen LogP contribution < -0.4 is 10.6 Å². The van der Waals surface area contributed by atoms with Crippen LogP contribution in [0.15, 0.2) is 42.5 Å². The molecule has 2 aromatic rings. The summed E-state index contributed by atoms with van der Waals surface area (Å²) in [7, 11) is 1.15. The molecule has 0 heterocycles. The number of ether oxygens (including phenoxy) is 2. The van der Waals surface area contributed by atoms with Crippen LogP contribution in [0.5, 0.6) is 0 Å². The van der Waals surface area contributed by atoms with E-state index in [9.17, 15) is 22.8 Å². The van der Waals surface area contributed by atoms with E-state index in [4.69, 9.17) is 4.74 Å². The van der Waals surface area contributed by atoms with Gasteiger partial charge in [0.05, 0.1) is 23.9 Å². The van der Waals surface area contributed by atoms with Gasteiger partial charge in [-0.2, -0.15) is 13.2 Å². The number of alkyl halides is 3. The summed E-state index contributed by atoms with van der Waals surface area (Å²) in [5, 5.41) is 5.28. The van der Waals surface area contributed by atoms with Crippen LogP contribution in [0.1, 0.15) is 42.3 Å². The fourth-order valence-electron chi connectivity index (χ4n) is 2.49. The third-order valence-corrected chi connectivity index (χ3v) is 3.81. The largest absolute Gasteiger partial charge is 0.465 e. The van der Waals surface area contributed by atoms with E-state index in [0.717, 1.165) is 30.9 Å². The van der Waals surface area contributed by atoms with Gasteiger partial charge in [-0.1, -0.05) is 12.1 Å². The van der Waals surface area contributed by atoms with Crippen molar-refractivity contribution in [3.63, 3.8) is 0 Å². The molecule has 0 aliphatic carbocycles. The lowest BCUT2D eigenvalue weighted by atomic mass is 10.1. The molecule has 30 heavy (non-hydrogen) atoms. The minimum Gasteiger partial charge on any atom is -0.465 e. The van der Waals surface area contributed by atoms with E-state index < -0.39 is 29.4 Å². The maximum absolute atomic E-state index is 13.3. The van der Waals surface area contributed by atoms with Crippen LogP contribution in [0, 0.1) is 0 Å². The Bertz CT molecular complexity index is 904. The average molecular weight is 424 g/mol. The molecular formula is C21H23F3N2O4. The van der Waals surface area contributed by atoms with E-state index in [2.05, 4.69) is 15.4 Å². The predicted octanol–water partition coefficient (Wildman–Crippen LogP) is 5.26. The first-order chi connectivity index (χ1) is 13.9. The molecule has 2 rings (SSSR count). The fraction of sp³-hybridized carbons (Fsp3) is 0.333. The van der Waals surface area contributed by atoms with Crippen molar-refractivity contribution < 1.29 is 32.2 Å². The van der Waals surface area contributed by atoms with Crippen LogP contribution in [0.2, 0.25) is 0 Å². The van der Waals surface area contributed by atoms with Gasteiger partial charge in [-0.05, 0) is 56.7 Å². The number of hydrogen-bond acceptors (Lipinski definition) is 5. The third kappa shape index (κ3) is 6.68. The van der Waals surface area contributed by atoms with Crippen molar-refractivity contribution in [2.45, 2.75) is 39.1 Å². The van der Waals surface area contributed by atoms with Crippen molar-refractivity contribution in [1.82, 2.24) is 5.32 Å². The van der Waals surface area contributed by atoms with E-state index in [1.54, 1.807) is 45.0 Å². The lowest BCUT2D eigenvalue weighted by molar-refractivity contribution is -0.136. The highest BCUT2D eigenvalue weighted by molar-refractivity contribution is 5.91. The lowest BCUT2D eigenvalue weighted by Gasteiger charge is -2.19. The summed E-state index contributed by atoms with van der Waals surface area (Å²) in [5.74, 6) is -0.740. The van der Waals surface area contributed by atoms with Crippen molar-refractivity contribution in [2.75, 3.05) is 12.4 Å². The molecule has 6 nitrogen and oxygen atoms in total. The number of rotatable bonds is 5. The number of halogens is 3. The second-order valence-corrected chi connectivity index (χ2v) is 7.43. The Morgan fingerprint density at radius 3 is 2.17 bits per heavy atom. The van der Waals surface area contributed by atoms with Crippen molar-refractivity contribution in [2.24, 2.45) is 0 Å². The van der Waals surface area contributed by atoms with E-state index >= 15 is 0 Å². The van der Waals surface area contributed by atoms with Crippen molar-refractivity contribution in [1.29, 1.82) is 0 Å². The zero-order valence-corrected chi connectivity index (χ0v) is 17.0. The Morgan fingerprint density at radius 2 is 1.63 bits per heavy atom. The molecule has 0 atom stereocenters. The summed E-state index contributed by atoms with van der Waals surface area (Å²) in [6, 6.07) is 9.41. The van der Waals surface area contributed by atoms with Gasteiger partial charge in [0.2, 0.25) is 0 Å². The van der Waals surface area contributed by atoms with Gasteiger partial charge in [0.1, 0.15) is 5.60 Å². The molecule has 2 N–H and O–H groups in total. The average Bonchev–Trinajstić information content (AvgIpc) is 2.64. The summed E-state index contributed by atoms with van der Waals surface area (Å²) < 4.78 is 49.7. The number of carbonyl (C=O) groups is 2. The van der Waals surface area contributed by atoms with Crippen LogP contribution in [0.4, 0.5) is 29.3 Å². The van der Waals surface area contributed by atoms with Crippen LogP contribution >= 0.6 is 0 Å². The summed E-state index contributed by atoms with van der Waals surface area (Å²) >= 11 is 0. The van der Waals surface area contributed by atoms with Crippen LogP contribution in [-0.2, 0) is 22.2 Å². The monoisotopic (exact) mass is 424 g/mol. The number of esters is 1. The molecule has 0 radical (unpaired) electrons. The van der Waals surface area contributed by atoms with Gasteiger partial charge in [-0.15, -0.1) is 0 Å². The Kier molecular flexibility index (Phi) is 6.96. The zero-order valence-electron chi connectivity index (χ0n) is 17.0. The summed E-state index contributed by atoms with van der Waals surface area (Å²) in [5.41, 5.74) is -0.705. The first-order valence-electron chi connectivity index (χ1n) is 9.01. The number of hydrogen-bond donors (Lipinski definition) is 2. The van der Waals surface area contributed by atoms with E-state index in [0.29, 0.717) is 5.69 Å². The number of nitrogens with one attached hydrogen (secondary N) is 2. The van der Waals surface area contributed by atoms with Gasteiger partial charge in [0.15, 0.2) is 0 Å². The number of benzene rings is 2. The maximum atomic E-state index is 13.3. The lowest BCUT2D eigenvalue weighted by Crippen LogP contribution is -2.32. The van der Waals surface area contributed by atoms with Gasteiger partial charge in [-0.25, -0.2) is 9.59 Å². The van der Waals surface area contributed by atoms with E-state index in [1.807, 2.05) is 0 Å². The fourth-order valence-corrected chi connectivity index (χ4v) is 2.49. The van der Waals surface area contributed by atoms with Crippen LogP contribution in [-0.4, -0.2) is 24.8 Å². The highest BCUT2D eigenvalue weighted by atomic mass is 19.4. The highest BCUT2D eigenvalue weighted by Crippen LogP contribution is 2.36. The third-order valence-electron chi connectivity index (χ3n) is 3.81. The van der Waals surface area contributed by atoms with E-state index in [1.165, 1.54) is 0 Å². The van der Waals surface area contributed by atoms with Crippen LogP contribution in [0.25, 0.3) is 0 Å². The molecule has 0 unspecified atom stereocenters. The predicted molar refractivity (Wildman–Crippen MR) is 106 cm³/mol. The second-order valence-electron chi connectivity index (χ2n) is 7.43. The second kappa shape index (κ2) is 9.06. The number of carbonyl (C=O) groups excluding carboxylic acids is 2. The first kappa shape index (κ1) is 23.1. The first-order valence-corrected chi connectivity index (χ1v) is 9.01. The SMILES string of the molecule is COC(=O)c1ccc(C(F)(F)F)c(Nc2ccc(CNC(=O)OC(C)(C)C)cc2)c1. The number of alkyl carbamates (subject to hydrolysis) is 1. The number of anilines is 2. The molecule has 0 aliphatic heterocycles. The standard InChI is InChI=1S/C21H23F3N2O4/c1-20(2,3)30-19(28)25-12-13-5-8-15(9-6-13)26-17-11-14(18(27)29-4)7-10-16(17)21(22,23)24/h5-11,26H,12H2,1-4H3,(H,25,28). The highest BCUT2D eigenvalue weighted by Gasteiger charge is 2.34. The molecule has 0 bridgehead atoms. The topological polar surface area (TPSA) is 76.7 Å². The summed E-state index contributed by atoms with van der Waals surface area (Å²) in [4.78, 5) is 23.4. The van der Waals surface area contributed by atoms with Crippen molar-refractivity contribution in [3.05, 3.63) is 59.2 Å². The molecule has 162 valence electrons. The minimum atomic E-state index is -4.60. The molecule has 1 amide bonds. The Balaban J connectivity index is 2.14. The number of amides is 1. The molecule has 0 saturated heterocycles. The van der Waals surface area contributed by atoms with Gasteiger partial charge in [0, 0.05) is 12.2 Å². The molecule has 0 fully saturated rings. The van der Waals surface area contributed by atoms with E-state index in [-0.39, 0.29) is 17.8 Å². The minimum absolute atomic E-state index is 0.00817. The van der Waals surface area contributed by atoms with Crippen LogP contribution in [0.3, 0.4) is 0 Å². The summed E-state index contributed by atoms with van der Waals surface area (Å²) in [6.45, 7) is 5.44. The van der Waals surface area contributed by atoms with Crippen molar-refractivity contribution >= 4 is 23.4 Å². The Morgan fingerprint density at radius 1 is 1.00 bits per heavy atom. The van der Waals surface area contributed by atoms with Gasteiger partial charge in [-0.3, -0.25) is 0 Å². The molecule has 0 aromatic heterocycles. The zero-order chi connectivity index (χ0) is 22.5. The Labute approximate surface area is 172 Å². The molecule has 0 spiro atoms. The number of methoxy groups -OCH3 is 1. The molecule has 2 aromatic carbocycles.